The Morgan fingerprint density at radius 1 is 1.56 bits per heavy atom. The first-order valence-corrected chi connectivity index (χ1v) is 6.06. The van der Waals surface area contributed by atoms with Crippen LogP contribution in [0.25, 0.3) is 0 Å². The molecular formula is C13H17NO4. The third kappa shape index (κ3) is 2.50. The molecule has 1 aromatic carbocycles. The van der Waals surface area contributed by atoms with E-state index in [0.717, 1.165) is 12.0 Å². The Labute approximate surface area is 106 Å². The van der Waals surface area contributed by atoms with Crippen LogP contribution in [-0.4, -0.2) is 40.4 Å². The quantitative estimate of drug-likeness (QED) is 0.863. The normalized spacial score (nSPS) is 17.7. The van der Waals surface area contributed by atoms with E-state index in [4.69, 9.17) is 4.74 Å². The molecule has 0 saturated heterocycles. The van der Waals surface area contributed by atoms with E-state index in [1.54, 1.807) is 18.2 Å². The van der Waals surface area contributed by atoms with Gasteiger partial charge >= 0.3 is 6.09 Å². The molecule has 1 aromatic rings. The van der Waals surface area contributed by atoms with E-state index < -0.39 is 6.09 Å². The van der Waals surface area contributed by atoms with Crippen molar-refractivity contribution < 1.29 is 19.7 Å². The van der Waals surface area contributed by atoms with Gasteiger partial charge in [-0.3, -0.25) is 0 Å². The molecule has 0 aliphatic carbocycles. The topological polar surface area (TPSA) is 70.0 Å². The number of nitrogens with zero attached hydrogens (tertiary/aromatic N) is 1. The molecule has 2 N–H and O–H groups in total. The Bertz CT molecular complexity index is 447. The molecule has 0 aromatic heterocycles. The lowest BCUT2D eigenvalue weighted by atomic mass is 10.0. The molecule has 0 saturated carbocycles. The maximum Gasteiger partial charge on any atom is 0.407 e. The van der Waals surface area contributed by atoms with Crippen molar-refractivity contribution in [3.63, 3.8) is 0 Å². The third-order valence-corrected chi connectivity index (χ3v) is 3.09. The third-order valence-electron chi connectivity index (χ3n) is 3.09. The van der Waals surface area contributed by atoms with Crippen LogP contribution in [0.4, 0.5) is 4.79 Å². The van der Waals surface area contributed by atoms with Crippen molar-refractivity contribution in [2.75, 3.05) is 13.2 Å². The summed E-state index contributed by atoms with van der Waals surface area (Å²) in [5, 5.41) is 18.5. The number of phenolic OH excluding ortho intramolecular Hbond substituents is 1. The molecular weight excluding hydrogens is 234 g/mol. The Kier molecular flexibility index (Phi) is 3.60. The second kappa shape index (κ2) is 5.16. The molecule has 1 amide bonds. The monoisotopic (exact) mass is 251 g/mol. The van der Waals surface area contributed by atoms with Gasteiger partial charge in [0.25, 0.3) is 0 Å². The fraction of sp³-hybridized carbons (Fsp3) is 0.462. The van der Waals surface area contributed by atoms with Crippen molar-refractivity contribution in [1.82, 2.24) is 4.90 Å². The van der Waals surface area contributed by atoms with Crippen LogP contribution >= 0.6 is 0 Å². The molecule has 5 nitrogen and oxygen atoms in total. The summed E-state index contributed by atoms with van der Waals surface area (Å²) in [5.74, 6) is 0.809. The number of hydrogen-bond donors (Lipinski definition) is 2. The zero-order chi connectivity index (χ0) is 13.1. The SMILES string of the molecule is CCCN(C(=O)O)C1COc2cc(O)ccc2C1. The summed E-state index contributed by atoms with van der Waals surface area (Å²) in [6.45, 7) is 2.80. The number of fused-ring (bicyclic) bond motifs is 1. The fourth-order valence-corrected chi connectivity index (χ4v) is 2.22. The van der Waals surface area contributed by atoms with Crippen molar-refractivity contribution in [1.29, 1.82) is 0 Å². The summed E-state index contributed by atoms with van der Waals surface area (Å²) < 4.78 is 5.53. The van der Waals surface area contributed by atoms with Gasteiger partial charge in [-0.05, 0) is 24.5 Å². The van der Waals surface area contributed by atoms with E-state index >= 15 is 0 Å². The molecule has 0 fully saturated rings. The van der Waals surface area contributed by atoms with Gasteiger partial charge in [-0.2, -0.15) is 0 Å². The van der Waals surface area contributed by atoms with Crippen LogP contribution in [0.15, 0.2) is 18.2 Å². The average molecular weight is 251 g/mol. The maximum absolute atomic E-state index is 11.2. The Morgan fingerprint density at radius 3 is 3.00 bits per heavy atom. The molecule has 18 heavy (non-hydrogen) atoms. The summed E-state index contributed by atoms with van der Waals surface area (Å²) in [6.07, 6.45) is 0.500. The van der Waals surface area contributed by atoms with Gasteiger partial charge in [-0.25, -0.2) is 4.79 Å². The number of aromatic hydroxyl groups is 1. The van der Waals surface area contributed by atoms with Crippen LogP contribution in [0.3, 0.4) is 0 Å². The summed E-state index contributed by atoms with van der Waals surface area (Å²) >= 11 is 0. The number of hydrogen-bond acceptors (Lipinski definition) is 3. The second-order valence-electron chi connectivity index (χ2n) is 4.44. The smallest absolute Gasteiger partial charge is 0.407 e. The minimum absolute atomic E-state index is 0.153. The average Bonchev–Trinajstić information content (AvgIpc) is 2.35. The van der Waals surface area contributed by atoms with Gasteiger partial charge in [-0.15, -0.1) is 0 Å². The molecule has 1 heterocycles. The molecule has 98 valence electrons. The van der Waals surface area contributed by atoms with Gasteiger partial charge < -0.3 is 19.8 Å². The van der Waals surface area contributed by atoms with E-state index in [-0.39, 0.29) is 11.8 Å². The lowest BCUT2D eigenvalue weighted by molar-refractivity contribution is 0.0957. The molecule has 0 spiro atoms. The molecule has 1 atom stereocenters. The van der Waals surface area contributed by atoms with Crippen LogP contribution in [0, 0.1) is 0 Å². The molecule has 5 heteroatoms. The summed E-state index contributed by atoms with van der Waals surface area (Å²) in [5.41, 5.74) is 0.936. The van der Waals surface area contributed by atoms with Crippen molar-refractivity contribution in [2.24, 2.45) is 0 Å². The lowest BCUT2D eigenvalue weighted by Gasteiger charge is -2.33. The largest absolute Gasteiger partial charge is 0.508 e. The molecule has 1 aliphatic heterocycles. The Balaban J connectivity index is 2.15. The lowest BCUT2D eigenvalue weighted by Crippen LogP contribution is -2.46. The van der Waals surface area contributed by atoms with Crippen molar-refractivity contribution in [2.45, 2.75) is 25.8 Å². The van der Waals surface area contributed by atoms with Gasteiger partial charge in [0.05, 0.1) is 6.04 Å². The van der Waals surface area contributed by atoms with Crippen LogP contribution in [0.2, 0.25) is 0 Å². The van der Waals surface area contributed by atoms with Crippen LogP contribution in [0.1, 0.15) is 18.9 Å². The van der Waals surface area contributed by atoms with Crippen molar-refractivity contribution in [3.05, 3.63) is 23.8 Å². The van der Waals surface area contributed by atoms with Crippen LogP contribution in [-0.2, 0) is 6.42 Å². The highest BCUT2D eigenvalue weighted by molar-refractivity contribution is 5.65. The Hall–Kier alpha value is -1.91. The van der Waals surface area contributed by atoms with Gasteiger partial charge in [0.15, 0.2) is 0 Å². The highest BCUT2D eigenvalue weighted by Gasteiger charge is 2.28. The minimum atomic E-state index is -0.910. The first-order chi connectivity index (χ1) is 8.61. The van der Waals surface area contributed by atoms with Crippen molar-refractivity contribution in [3.8, 4) is 11.5 Å². The predicted octanol–water partition coefficient (Wildman–Crippen LogP) is 2.09. The number of ether oxygens (including phenoxy) is 1. The first-order valence-electron chi connectivity index (χ1n) is 6.06. The molecule has 2 rings (SSSR count). The van der Waals surface area contributed by atoms with Gasteiger partial charge in [0.2, 0.25) is 0 Å². The summed E-state index contributed by atoms with van der Waals surface area (Å²) in [6, 6.07) is 4.79. The molecule has 1 unspecified atom stereocenters. The van der Waals surface area contributed by atoms with Gasteiger partial charge in [-0.1, -0.05) is 13.0 Å². The molecule has 0 radical (unpaired) electrons. The van der Waals surface area contributed by atoms with E-state index in [9.17, 15) is 15.0 Å². The molecule has 1 aliphatic rings. The summed E-state index contributed by atoms with van der Waals surface area (Å²) in [7, 11) is 0. The number of carboxylic acid groups (broad SMARTS) is 1. The van der Waals surface area contributed by atoms with Crippen LogP contribution in [0.5, 0.6) is 11.5 Å². The van der Waals surface area contributed by atoms with E-state index in [1.165, 1.54) is 4.90 Å². The number of phenols is 1. The first kappa shape index (κ1) is 12.5. The van der Waals surface area contributed by atoms with Gasteiger partial charge in [0.1, 0.15) is 18.1 Å². The standard InChI is InChI=1S/C13H17NO4/c1-2-5-14(13(16)17)10-6-9-3-4-11(15)7-12(9)18-8-10/h3-4,7,10,15H,2,5-6,8H2,1H3,(H,16,17). The predicted molar refractivity (Wildman–Crippen MR) is 66.1 cm³/mol. The minimum Gasteiger partial charge on any atom is -0.508 e. The Morgan fingerprint density at radius 2 is 2.33 bits per heavy atom. The fourth-order valence-electron chi connectivity index (χ4n) is 2.22. The zero-order valence-electron chi connectivity index (χ0n) is 10.3. The molecule has 0 bridgehead atoms. The number of benzene rings is 1. The highest BCUT2D eigenvalue weighted by Crippen LogP contribution is 2.30. The van der Waals surface area contributed by atoms with E-state index in [1.807, 2.05) is 6.92 Å². The number of carbonyl (C=O) groups is 1. The zero-order valence-corrected chi connectivity index (χ0v) is 10.3. The van der Waals surface area contributed by atoms with Crippen molar-refractivity contribution >= 4 is 6.09 Å². The maximum atomic E-state index is 11.2. The number of rotatable bonds is 3. The second-order valence-corrected chi connectivity index (χ2v) is 4.44. The van der Waals surface area contributed by atoms with E-state index in [0.29, 0.717) is 25.3 Å². The number of amides is 1. The van der Waals surface area contributed by atoms with Crippen LogP contribution < -0.4 is 4.74 Å². The summed E-state index contributed by atoms with van der Waals surface area (Å²) in [4.78, 5) is 12.6. The highest BCUT2D eigenvalue weighted by atomic mass is 16.5. The van der Waals surface area contributed by atoms with Gasteiger partial charge in [0, 0.05) is 12.6 Å². The van der Waals surface area contributed by atoms with E-state index in [2.05, 4.69) is 0 Å².